The van der Waals surface area contributed by atoms with E-state index in [0.29, 0.717) is 18.0 Å². The van der Waals surface area contributed by atoms with Crippen molar-refractivity contribution in [3.8, 4) is 23.0 Å². The highest BCUT2D eigenvalue weighted by atomic mass is 16.6. The van der Waals surface area contributed by atoms with Crippen molar-refractivity contribution in [2.45, 2.75) is 19.3 Å². The number of aryl methyl sites for hydroxylation is 1. The lowest BCUT2D eigenvalue weighted by Crippen LogP contribution is -2.27. The highest BCUT2D eigenvalue weighted by Crippen LogP contribution is 2.23. The van der Waals surface area contributed by atoms with Gasteiger partial charge in [-0.25, -0.2) is 4.79 Å². The molecule has 29 heavy (non-hydrogen) atoms. The Morgan fingerprint density at radius 3 is 2.07 bits per heavy atom. The molecule has 0 fully saturated rings. The van der Waals surface area contributed by atoms with Gasteiger partial charge in [-0.05, 0) is 73.4 Å². The Bertz CT molecular complexity index is 877. The fourth-order valence-electron chi connectivity index (χ4n) is 2.78. The molecule has 0 bridgehead atoms. The number of hydrogen-bond donors (Lipinski definition) is 1. The van der Waals surface area contributed by atoms with Crippen molar-refractivity contribution in [1.82, 2.24) is 5.32 Å². The molecule has 150 valence electrons. The number of ether oxygens (including phenoxy) is 3. The summed E-state index contributed by atoms with van der Waals surface area (Å²) in [4.78, 5) is 11.9. The highest BCUT2D eigenvalue weighted by Gasteiger charge is 2.05. The minimum absolute atomic E-state index is 0.453. The Morgan fingerprint density at radius 1 is 0.759 bits per heavy atom. The summed E-state index contributed by atoms with van der Waals surface area (Å²) < 4.78 is 16.2. The SMILES string of the molecule is COc1ccc(CCCCNC(=O)Oc2ccc(Oc3ccccc3)cc2)cc1. The van der Waals surface area contributed by atoms with Gasteiger partial charge in [-0.3, -0.25) is 0 Å². The van der Waals surface area contributed by atoms with Crippen LogP contribution in [0.25, 0.3) is 0 Å². The molecule has 1 N–H and O–H groups in total. The molecule has 3 aromatic rings. The molecule has 3 rings (SSSR count). The summed E-state index contributed by atoms with van der Waals surface area (Å²) in [5.41, 5.74) is 1.26. The van der Waals surface area contributed by atoms with Gasteiger partial charge in [0.25, 0.3) is 0 Å². The average molecular weight is 391 g/mol. The minimum atomic E-state index is -0.453. The molecule has 0 aromatic heterocycles. The summed E-state index contributed by atoms with van der Waals surface area (Å²) >= 11 is 0. The van der Waals surface area contributed by atoms with Crippen LogP contribution in [0.3, 0.4) is 0 Å². The topological polar surface area (TPSA) is 56.8 Å². The van der Waals surface area contributed by atoms with Crippen LogP contribution in [0.2, 0.25) is 0 Å². The van der Waals surface area contributed by atoms with Crippen LogP contribution in [-0.2, 0) is 6.42 Å². The van der Waals surface area contributed by atoms with Gasteiger partial charge < -0.3 is 19.5 Å². The number of carbonyl (C=O) groups excluding carboxylic acids is 1. The quantitative estimate of drug-likeness (QED) is 0.483. The molecule has 0 radical (unpaired) electrons. The predicted molar refractivity (Wildman–Crippen MR) is 113 cm³/mol. The van der Waals surface area contributed by atoms with E-state index < -0.39 is 6.09 Å². The normalized spacial score (nSPS) is 10.2. The molecule has 0 saturated carbocycles. The molecule has 5 nitrogen and oxygen atoms in total. The van der Waals surface area contributed by atoms with Gasteiger partial charge in [0.15, 0.2) is 0 Å². The second kappa shape index (κ2) is 10.8. The minimum Gasteiger partial charge on any atom is -0.497 e. The average Bonchev–Trinajstić information content (AvgIpc) is 2.76. The summed E-state index contributed by atoms with van der Waals surface area (Å²) in [6.07, 6.45) is 2.37. The van der Waals surface area contributed by atoms with Crippen molar-refractivity contribution in [3.05, 3.63) is 84.4 Å². The Morgan fingerprint density at radius 2 is 1.38 bits per heavy atom. The van der Waals surface area contributed by atoms with Gasteiger partial charge in [0.1, 0.15) is 23.0 Å². The lowest BCUT2D eigenvalue weighted by atomic mass is 10.1. The molecule has 0 aliphatic carbocycles. The predicted octanol–water partition coefficient (Wildman–Crippen LogP) is 5.60. The van der Waals surface area contributed by atoms with Crippen LogP contribution in [0.1, 0.15) is 18.4 Å². The molecule has 1 amide bonds. The first-order chi connectivity index (χ1) is 14.2. The van der Waals surface area contributed by atoms with E-state index in [4.69, 9.17) is 14.2 Å². The fraction of sp³-hybridized carbons (Fsp3) is 0.208. The first-order valence-electron chi connectivity index (χ1n) is 9.64. The number of benzene rings is 3. The van der Waals surface area contributed by atoms with Gasteiger partial charge in [0, 0.05) is 6.54 Å². The summed E-state index contributed by atoms with van der Waals surface area (Å²) in [7, 11) is 1.66. The second-order valence-electron chi connectivity index (χ2n) is 6.51. The van der Waals surface area contributed by atoms with Gasteiger partial charge in [0.2, 0.25) is 0 Å². The van der Waals surface area contributed by atoms with Crippen LogP contribution in [0.15, 0.2) is 78.9 Å². The zero-order valence-corrected chi connectivity index (χ0v) is 16.5. The summed E-state index contributed by atoms with van der Waals surface area (Å²) in [5.74, 6) is 2.77. The first kappa shape index (κ1) is 20.3. The molecule has 0 unspecified atom stereocenters. The number of unbranched alkanes of at least 4 members (excludes halogenated alkanes) is 1. The number of nitrogens with one attached hydrogen (secondary N) is 1. The van der Waals surface area contributed by atoms with E-state index in [2.05, 4.69) is 17.4 Å². The number of methoxy groups -OCH3 is 1. The molecule has 3 aromatic carbocycles. The van der Waals surface area contributed by atoms with E-state index in [0.717, 1.165) is 30.8 Å². The Labute approximate surface area is 171 Å². The lowest BCUT2D eigenvalue weighted by molar-refractivity contribution is 0.200. The number of para-hydroxylation sites is 1. The molecule has 0 spiro atoms. The smallest absolute Gasteiger partial charge is 0.412 e. The maximum atomic E-state index is 11.9. The number of rotatable bonds is 9. The third kappa shape index (κ3) is 6.88. The second-order valence-corrected chi connectivity index (χ2v) is 6.51. The molecule has 0 aliphatic heterocycles. The number of hydrogen-bond acceptors (Lipinski definition) is 4. The molecule has 0 atom stereocenters. The molecule has 5 heteroatoms. The summed E-state index contributed by atoms with van der Waals surface area (Å²) in [5, 5.41) is 2.78. The van der Waals surface area contributed by atoms with Crippen molar-refractivity contribution in [1.29, 1.82) is 0 Å². The van der Waals surface area contributed by atoms with Crippen LogP contribution in [0.5, 0.6) is 23.0 Å². The third-order valence-corrected chi connectivity index (χ3v) is 4.33. The first-order valence-corrected chi connectivity index (χ1v) is 9.64. The molecule has 0 saturated heterocycles. The van der Waals surface area contributed by atoms with Crippen molar-refractivity contribution in [2.75, 3.05) is 13.7 Å². The van der Waals surface area contributed by atoms with E-state index in [1.165, 1.54) is 5.56 Å². The van der Waals surface area contributed by atoms with Gasteiger partial charge >= 0.3 is 6.09 Å². The van der Waals surface area contributed by atoms with E-state index in [1.54, 1.807) is 31.4 Å². The van der Waals surface area contributed by atoms with Crippen molar-refractivity contribution in [3.63, 3.8) is 0 Å². The summed E-state index contributed by atoms with van der Waals surface area (Å²) in [6, 6.07) is 24.5. The third-order valence-electron chi connectivity index (χ3n) is 4.33. The maximum absolute atomic E-state index is 11.9. The van der Waals surface area contributed by atoms with E-state index in [-0.39, 0.29) is 0 Å². The Balaban J connectivity index is 1.33. The van der Waals surface area contributed by atoms with Crippen LogP contribution >= 0.6 is 0 Å². The van der Waals surface area contributed by atoms with Crippen molar-refractivity contribution < 1.29 is 19.0 Å². The van der Waals surface area contributed by atoms with Crippen molar-refractivity contribution in [2.24, 2.45) is 0 Å². The van der Waals surface area contributed by atoms with E-state index in [1.807, 2.05) is 42.5 Å². The molecule has 0 heterocycles. The zero-order chi connectivity index (χ0) is 20.3. The van der Waals surface area contributed by atoms with Gasteiger partial charge in [-0.15, -0.1) is 0 Å². The molecule has 0 aliphatic rings. The van der Waals surface area contributed by atoms with E-state index in [9.17, 15) is 4.79 Å². The van der Waals surface area contributed by atoms with Crippen molar-refractivity contribution >= 4 is 6.09 Å². The van der Waals surface area contributed by atoms with E-state index >= 15 is 0 Å². The Hall–Kier alpha value is -3.47. The van der Waals surface area contributed by atoms with Gasteiger partial charge in [-0.1, -0.05) is 30.3 Å². The number of amides is 1. The van der Waals surface area contributed by atoms with Crippen LogP contribution < -0.4 is 19.5 Å². The molecular formula is C24H25NO4. The van der Waals surface area contributed by atoms with Gasteiger partial charge in [0.05, 0.1) is 7.11 Å². The van der Waals surface area contributed by atoms with Crippen LogP contribution in [-0.4, -0.2) is 19.7 Å². The zero-order valence-electron chi connectivity index (χ0n) is 16.5. The molecular weight excluding hydrogens is 366 g/mol. The lowest BCUT2D eigenvalue weighted by Gasteiger charge is -2.08. The Kier molecular flexibility index (Phi) is 7.52. The largest absolute Gasteiger partial charge is 0.497 e. The van der Waals surface area contributed by atoms with Gasteiger partial charge in [-0.2, -0.15) is 0 Å². The van der Waals surface area contributed by atoms with Crippen LogP contribution in [0, 0.1) is 0 Å². The maximum Gasteiger partial charge on any atom is 0.412 e. The standard InChI is InChI=1S/C24H25NO4/c1-27-20-12-10-19(11-13-20)7-5-6-18-25-24(26)29-23-16-14-22(15-17-23)28-21-8-3-2-4-9-21/h2-4,8-17H,5-7,18H2,1H3,(H,25,26). The monoisotopic (exact) mass is 391 g/mol. The fourth-order valence-corrected chi connectivity index (χ4v) is 2.78. The summed E-state index contributed by atoms with van der Waals surface area (Å²) in [6.45, 7) is 0.574. The van der Waals surface area contributed by atoms with Crippen LogP contribution in [0.4, 0.5) is 4.79 Å². The number of carbonyl (C=O) groups is 1. The highest BCUT2D eigenvalue weighted by molar-refractivity contribution is 5.70.